The molecule has 0 aromatic carbocycles. The van der Waals surface area contributed by atoms with Crippen LogP contribution < -0.4 is 0 Å². The summed E-state index contributed by atoms with van der Waals surface area (Å²) in [4.78, 5) is 2.00. The van der Waals surface area contributed by atoms with Crippen LogP contribution in [-0.4, -0.2) is 26.0 Å². The summed E-state index contributed by atoms with van der Waals surface area (Å²) in [5.74, 6) is 0. The lowest BCUT2D eigenvalue weighted by molar-refractivity contribution is 0.505. The third-order valence-electron chi connectivity index (χ3n) is 0.325. The first-order chi connectivity index (χ1) is 4.15. The fraction of sp³-hybridized carbons (Fsp3) is 0.714. The predicted molar refractivity (Wildman–Crippen MR) is 52.1 cm³/mol. The molecule has 0 rings (SSSR count). The molecule has 3 heteroatoms. The fourth-order valence-corrected chi connectivity index (χ4v) is 0.267. The van der Waals surface area contributed by atoms with Gasteiger partial charge in [-0.25, -0.2) is 0 Å². The Kier molecular flexibility index (Phi) is 26.9. The van der Waals surface area contributed by atoms with E-state index < -0.39 is 0 Å². The maximum absolute atomic E-state index is 5.12. The Balaban J connectivity index is -0.0000000910. The normalized spacial score (nSPS) is 8.60. The van der Waals surface area contributed by atoms with Crippen molar-refractivity contribution in [2.24, 2.45) is 0 Å². The van der Waals surface area contributed by atoms with Crippen LogP contribution in [0.5, 0.6) is 0 Å². The SMILES string of the molecule is CCC=CCl.CN(C)C.Cl. The van der Waals surface area contributed by atoms with E-state index >= 15 is 0 Å². The van der Waals surface area contributed by atoms with Crippen molar-refractivity contribution in [3.63, 3.8) is 0 Å². The summed E-state index contributed by atoms with van der Waals surface area (Å²) in [5.41, 5.74) is 1.53. The molecule has 10 heavy (non-hydrogen) atoms. The van der Waals surface area contributed by atoms with Crippen molar-refractivity contribution in [3.8, 4) is 0 Å². The maximum atomic E-state index is 5.12. The lowest BCUT2D eigenvalue weighted by Crippen LogP contribution is -1.99. The van der Waals surface area contributed by atoms with Gasteiger partial charge in [-0.1, -0.05) is 24.6 Å². The smallest absolute Gasteiger partial charge is 0.000235 e. The minimum Gasteiger partial charge on any atom is -0.312 e. The molecule has 0 unspecified atom stereocenters. The van der Waals surface area contributed by atoms with Crippen molar-refractivity contribution in [1.82, 2.24) is 4.90 Å². The average molecular weight is 186 g/mol. The lowest BCUT2D eigenvalue weighted by atomic mass is 10.5. The van der Waals surface area contributed by atoms with Crippen molar-refractivity contribution in [2.45, 2.75) is 13.3 Å². The van der Waals surface area contributed by atoms with E-state index in [2.05, 4.69) is 0 Å². The van der Waals surface area contributed by atoms with Gasteiger partial charge >= 0.3 is 0 Å². The van der Waals surface area contributed by atoms with Gasteiger partial charge in [0.05, 0.1) is 0 Å². The molecule has 0 saturated heterocycles. The van der Waals surface area contributed by atoms with Crippen LogP contribution in [0.2, 0.25) is 0 Å². The first kappa shape index (κ1) is 16.7. The zero-order chi connectivity index (χ0) is 7.70. The zero-order valence-electron chi connectivity index (χ0n) is 7.10. The molecule has 0 aromatic heterocycles. The van der Waals surface area contributed by atoms with E-state index in [-0.39, 0.29) is 12.4 Å². The van der Waals surface area contributed by atoms with Gasteiger partial charge in [0, 0.05) is 5.54 Å². The van der Waals surface area contributed by atoms with Gasteiger partial charge in [-0.05, 0) is 27.6 Å². The molecule has 0 amide bonds. The highest BCUT2D eigenvalue weighted by Gasteiger charge is 1.58. The molecule has 0 aliphatic rings. The molecule has 0 aliphatic carbocycles. The van der Waals surface area contributed by atoms with Crippen LogP contribution in [0.25, 0.3) is 0 Å². The summed E-state index contributed by atoms with van der Waals surface area (Å²) in [5, 5.41) is 0. The van der Waals surface area contributed by atoms with E-state index in [1.54, 1.807) is 0 Å². The minimum absolute atomic E-state index is 0. The molecule has 0 spiro atoms. The highest BCUT2D eigenvalue weighted by molar-refractivity contribution is 6.25. The van der Waals surface area contributed by atoms with Crippen LogP contribution in [-0.2, 0) is 0 Å². The van der Waals surface area contributed by atoms with Crippen molar-refractivity contribution in [3.05, 3.63) is 11.6 Å². The summed E-state index contributed by atoms with van der Waals surface area (Å²) in [6.07, 6.45) is 2.92. The lowest BCUT2D eigenvalue weighted by Gasteiger charge is -1.90. The summed E-state index contributed by atoms with van der Waals surface area (Å²) in [6.45, 7) is 2.04. The second kappa shape index (κ2) is 16.1. The van der Waals surface area contributed by atoms with E-state index in [0.717, 1.165) is 6.42 Å². The first-order valence-corrected chi connectivity index (χ1v) is 3.44. The van der Waals surface area contributed by atoms with Crippen molar-refractivity contribution < 1.29 is 0 Å². The Labute approximate surface area is 75.5 Å². The highest BCUT2D eigenvalue weighted by atomic mass is 35.5. The van der Waals surface area contributed by atoms with Gasteiger partial charge in [-0.2, -0.15) is 0 Å². The van der Waals surface area contributed by atoms with Gasteiger partial charge in [0.1, 0.15) is 0 Å². The number of rotatable bonds is 1. The molecule has 0 atom stereocenters. The van der Waals surface area contributed by atoms with Gasteiger partial charge in [-0.15, -0.1) is 12.4 Å². The molecule has 0 heterocycles. The molecule has 0 aliphatic heterocycles. The molecule has 0 saturated carbocycles. The Morgan fingerprint density at radius 1 is 1.30 bits per heavy atom. The topological polar surface area (TPSA) is 3.24 Å². The third kappa shape index (κ3) is 84.4. The largest absolute Gasteiger partial charge is 0.312 e. The van der Waals surface area contributed by atoms with Crippen molar-refractivity contribution in [2.75, 3.05) is 21.1 Å². The van der Waals surface area contributed by atoms with E-state index in [1.807, 2.05) is 39.0 Å². The minimum atomic E-state index is 0. The Hall–Kier alpha value is 0.280. The van der Waals surface area contributed by atoms with Crippen LogP contribution in [0, 0.1) is 0 Å². The van der Waals surface area contributed by atoms with Crippen molar-refractivity contribution in [1.29, 1.82) is 0 Å². The zero-order valence-corrected chi connectivity index (χ0v) is 8.67. The quantitative estimate of drug-likeness (QED) is 0.608. The average Bonchev–Trinajstić information content (AvgIpc) is 1.66. The molecule has 0 bridgehead atoms. The number of allylic oxidation sites excluding steroid dienone is 1. The van der Waals surface area contributed by atoms with Crippen LogP contribution in [0.4, 0.5) is 0 Å². The first-order valence-electron chi connectivity index (χ1n) is 3.01. The number of halogens is 2. The van der Waals surface area contributed by atoms with Crippen LogP contribution in [0.1, 0.15) is 13.3 Å². The van der Waals surface area contributed by atoms with Gasteiger partial charge in [-0.3, -0.25) is 0 Å². The molecule has 0 aromatic rings. The predicted octanol–water partition coefficient (Wildman–Crippen LogP) is 2.75. The van der Waals surface area contributed by atoms with E-state index in [1.165, 1.54) is 5.54 Å². The van der Waals surface area contributed by atoms with Gasteiger partial charge < -0.3 is 4.90 Å². The summed E-state index contributed by atoms with van der Waals surface area (Å²) >= 11 is 5.12. The number of nitrogens with zero attached hydrogens (tertiary/aromatic N) is 1. The molecular formula is C7H17Cl2N. The maximum Gasteiger partial charge on any atom is 0.000235 e. The molecule has 0 fully saturated rings. The summed E-state index contributed by atoms with van der Waals surface area (Å²) < 4.78 is 0. The summed E-state index contributed by atoms with van der Waals surface area (Å²) in [6, 6.07) is 0. The molecule has 1 nitrogen and oxygen atoms in total. The Morgan fingerprint density at radius 2 is 1.60 bits per heavy atom. The van der Waals surface area contributed by atoms with Gasteiger partial charge in [0.25, 0.3) is 0 Å². The van der Waals surface area contributed by atoms with Crippen molar-refractivity contribution >= 4 is 24.0 Å². The van der Waals surface area contributed by atoms with Crippen LogP contribution >= 0.6 is 24.0 Å². The van der Waals surface area contributed by atoms with Crippen LogP contribution in [0.15, 0.2) is 11.6 Å². The number of hydrogen-bond donors (Lipinski definition) is 0. The van der Waals surface area contributed by atoms with E-state index in [4.69, 9.17) is 11.6 Å². The highest BCUT2D eigenvalue weighted by Crippen LogP contribution is 1.80. The summed E-state index contributed by atoms with van der Waals surface area (Å²) in [7, 11) is 6.00. The van der Waals surface area contributed by atoms with E-state index in [0.29, 0.717) is 0 Å². The molecule has 0 radical (unpaired) electrons. The molecular weight excluding hydrogens is 169 g/mol. The monoisotopic (exact) mass is 185 g/mol. The van der Waals surface area contributed by atoms with Gasteiger partial charge in [0.15, 0.2) is 0 Å². The standard InChI is InChI=1S/C4H7Cl.C3H9N.ClH/c1-2-3-4-5;1-4(2)3;/h3-4H,2H2,1H3;1-3H3;1H. The molecule has 0 N–H and O–H groups in total. The number of hydrogen-bond acceptors (Lipinski definition) is 1. The third-order valence-corrected chi connectivity index (χ3v) is 0.503. The second-order valence-electron chi connectivity index (χ2n) is 2.11. The second-order valence-corrected chi connectivity index (χ2v) is 2.36. The Bertz CT molecular complexity index is 59.9. The Morgan fingerprint density at radius 3 is 1.60 bits per heavy atom. The fourth-order valence-electron chi connectivity index (χ4n) is 0.0891. The van der Waals surface area contributed by atoms with Gasteiger partial charge in [0.2, 0.25) is 0 Å². The van der Waals surface area contributed by atoms with Crippen LogP contribution in [0.3, 0.4) is 0 Å². The van der Waals surface area contributed by atoms with E-state index in [9.17, 15) is 0 Å². The molecule has 64 valence electrons.